The molecule has 10 nitrogen and oxygen atoms in total. The van der Waals surface area contributed by atoms with Crippen molar-refractivity contribution >= 4 is 41.2 Å². The second kappa shape index (κ2) is 14.0. The fourth-order valence-corrected chi connectivity index (χ4v) is 5.79. The van der Waals surface area contributed by atoms with Gasteiger partial charge in [0.05, 0.1) is 17.3 Å². The molecule has 1 aromatic carbocycles. The summed E-state index contributed by atoms with van der Waals surface area (Å²) >= 11 is 13.4. The van der Waals surface area contributed by atoms with Gasteiger partial charge in [-0.3, -0.25) is 4.68 Å². The molecule has 2 aromatic heterocycles. The van der Waals surface area contributed by atoms with E-state index in [4.69, 9.17) is 37.4 Å². The van der Waals surface area contributed by atoms with Gasteiger partial charge in [0.2, 0.25) is 0 Å². The summed E-state index contributed by atoms with van der Waals surface area (Å²) in [6.45, 7) is 15.9. The number of hydrogen-bond acceptors (Lipinski definition) is 8. The molecule has 45 heavy (non-hydrogen) atoms. The molecule has 0 aliphatic carbocycles. The van der Waals surface area contributed by atoms with Crippen LogP contribution in [0.3, 0.4) is 0 Å². The van der Waals surface area contributed by atoms with Gasteiger partial charge in [0, 0.05) is 34.1 Å². The van der Waals surface area contributed by atoms with Crippen molar-refractivity contribution < 1.29 is 23.8 Å². The van der Waals surface area contributed by atoms with Gasteiger partial charge in [0.1, 0.15) is 17.3 Å². The maximum Gasteiger partial charge on any atom is 0.425 e. The first-order valence-electron chi connectivity index (χ1n) is 15.2. The lowest BCUT2D eigenvalue weighted by Crippen LogP contribution is -2.44. The average Bonchev–Trinajstić information content (AvgIpc) is 3.43. The predicted octanol–water partition coefficient (Wildman–Crippen LogP) is 8.56. The van der Waals surface area contributed by atoms with E-state index in [9.17, 15) is 9.59 Å². The standard InChI is InChI=1S/C33H43Cl2N5O5/c1-9-21-10-11-25(34)27(28(21)35)20(2)43-26-16-22(23-18-38-39(19-23)24-12-14-36-15-13-24)17-37-29(26)40(30(41)44-32(3,4)5)31(42)45-33(6,7)8/h10-11,16-20,24,36H,9,12-15H2,1-8H3. The zero-order chi connectivity index (χ0) is 33.1. The maximum atomic E-state index is 13.6. The van der Waals surface area contributed by atoms with Crippen molar-refractivity contribution in [2.75, 3.05) is 18.0 Å². The van der Waals surface area contributed by atoms with Crippen molar-refractivity contribution in [2.24, 2.45) is 0 Å². The molecule has 0 radical (unpaired) electrons. The number of rotatable bonds is 7. The van der Waals surface area contributed by atoms with E-state index in [1.54, 1.807) is 73.0 Å². The lowest BCUT2D eigenvalue weighted by molar-refractivity contribution is 0.0426. The molecule has 4 rings (SSSR count). The molecule has 12 heteroatoms. The van der Waals surface area contributed by atoms with E-state index in [1.165, 1.54) is 0 Å². The third kappa shape index (κ3) is 8.68. The Kier molecular flexibility index (Phi) is 10.7. The number of amides is 2. The first-order chi connectivity index (χ1) is 21.1. The Labute approximate surface area is 275 Å². The summed E-state index contributed by atoms with van der Waals surface area (Å²) < 4.78 is 19.7. The van der Waals surface area contributed by atoms with Gasteiger partial charge in [0.15, 0.2) is 11.6 Å². The highest BCUT2D eigenvalue weighted by Gasteiger charge is 2.36. The van der Waals surface area contributed by atoms with Crippen molar-refractivity contribution in [1.82, 2.24) is 20.1 Å². The number of aromatic nitrogens is 3. The molecular formula is C33H43Cl2N5O5. The van der Waals surface area contributed by atoms with E-state index in [-0.39, 0.29) is 17.6 Å². The molecule has 0 saturated carbocycles. The molecule has 2 amide bonds. The van der Waals surface area contributed by atoms with E-state index in [0.717, 1.165) is 42.0 Å². The molecule has 1 aliphatic heterocycles. The summed E-state index contributed by atoms with van der Waals surface area (Å²) in [7, 11) is 0. The Morgan fingerprint density at radius 1 is 1.02 bits per heavy atom. The smallest absolute Gasteiger partial charge is 0.425 e. The molecule has 3 aromatic rings. The number of aryl methyl sites for hydroxylation is 1. The monoisotopic (exact) mass is 659 g/mol. The zero-order valence-electron chi connectivity index (χ0n) is 27.2. The lowest BCUT2D eigenvalue weighted by atomic mass is 10.0. The Balaban J connectivity index is 1.83. The molecule has 244 valence electrons. The highest BCUT2D eigenvalue weighted by Crippen LogP contribution is 2.40. The van der Waals surface area contributed by atoms with Crippen LogP contribution in [0.1, 0.15) is 91.5 Å². The molecule has 3 heterocycles. The number of pyridine rings is 1. The Hall–Kier alpha value is -3.34. The summed E-state index contributed by atoms with van der Waals surface area (Å²) in [5, 5.41) is 8.91. The lowest BCUT2D eigenvalue weighted by Gasteiger charge is -2.29. The van der Waals surface area contributed by atoms with Gasteiger partial charge in [-0.1, -0.05) is 36.2 Å². The molecule has 0 spiro atoms. The topological polar surface area (TPSA) is 108 Å². The van der Waals surface area contributed by atoms with E-state index < -0.39 is 29.5 Å². The van der Waals surface area contributed by atoms with Gasteiger partial charge >= 0.3 is 12.2 Å². The van der Waals surface area contributed by atoms with Crippen LogP contribution < -0.4 is 15.0 Å². The van der Waals surface area contributed by atoms with Gasteiger partial charge in [-0.25, -0.2) is 14.6 Å². The number of imide groups is 1. The summed E-state index contributed by atoms with van der Waals surface area (Å²) in [5.41, 5.74) is 1.15. The maximum absolute atomic E-state index is 13.6. The molecule has 1 fully saturated rings. The van der Waals surface area contributed by atoms with E-state index >= 15 is 0 Å². The molecule has 0 bridgehead atoms. The van der Waals surface area contributed by atoms with E-state index in [0.29, 0.717) is 27.6 Å². The van der Waals surface area contributed by atoms with Crippen LogP contribution in [0.5, 0.6) is 5.75 Å². The van der Waals surface area contributed by atoms with Crippen LogP contribution in [0.4, 0.5) is 15.4 Å². The van der Waals surface area contributed by atoms with Crippen molar-refractivity contribution in [3.63, 3.8) is 0 Å². The van der Waals surface area contributed by atoms with Crippen LogP contribution in [-0.4, -0.2) is 51.2 Å². The minimum atomic E-state index is -0.961. The third-order valence-corrected chi connectivity index (χ3v) is 7.89. The highest BCUT2D eigenvalue weighted by atomic mass is 35.5. The van der Waals surface area contributed by atoms with Crippen LogP contribution in [-0.2, 0) is 15.9 Å². The molecule has 1 saturated heterocycles. The number of carbonyl (C=O) groups excluding carboxylic acids is 2. The number of carbonyl (C=O) groups is 2. The number of ether oxygens (including phenoxy) is 3. The Bertz CT molecular complexity index is 1490. The molecule has 1 atom stereocenters. The van der Waals surface area contributed by atoms with Crippen LogP contribution in [0.15, 0.2) is 36.8 Å². The van der Waals surface area contributed by atoms with Crippen LogP contribution in [0.25, 0.3) is 11.1 Å². The van der Waals surface area contributed by atoms with Crippen LogP contribution in [0.2, 0.25) is 10.0 Å². The number of benzene rings is 1. The zero-order valence-corrected chi connectivity index (χ0v) is 28.8. The number of halogens is 2. The number of nitrogens with one attached hydrogen (secondary N) is 1. The summed E-state index contributed by atoms with van der Waals surface area (Å²) in [5.74, 6) is 0.0270. The van der Waals surface area contributed by atoms with Crippen LogP contribution in [0, 0.1) is 0 Å². The van der Waals surface area contributed by atoms with E-state index in [1.807, 2.05) is 23.9 Å². The molecule has 1 unspecified atom stereocenters. The van der Waals surface area contributed by atoms with Crippen LogP contribution >= 0.6 is 23.2 Å². The summed E-state index contributed by atoms with van der Waals surface area (Å²) in [6, 6.07) is 5.66. The van der Waals surface area contributed by atoms with Gasteiger partial charge in [-0.15, -0.1) is 0 Å². The number of anilines is 1. The van der Waals surface area contributed by atoms with Gasteiger partial charge < -0.3 is 19.5 Å². The van der Waals surface area contributed by atoms with Crippen molar-refractivity contribution in [1.29, 1.82) is 0 Å². The van der Waals surface area contributed by atoms with Crippen molar-refractivity contribution in [2.45, 2.75) is 98.0 Å². The van der Waals surface area contributed by atoms with Gasteiger partial charge in [0.25, 0.3) is 0 Å². The second-order valence-corrected chi connectivity index (χ2v) is 13.9. The largest absolute Gasteiger partial charge is 0.482 e. The molecule has 1 aliphatic rings. The van der Waals surface area contributed by atoms with E-state index in [2.05, 4.69) is 15.4 Å². The quantitative estimate of drug-likeness (QED) is 0.269. The second-order valence-electron chi connectivity index (χ2n) is 13.1. The number of hydrogen-bond donors (Lipinski definition) is 1. The Morgan fingerprint density at radius 2 is 1.64 bits per heavy atom. The summed E-state index contributed by atoms with van der Waals surface area (Å²) in [6.07, 6.45) is 5.34. The third-order valence-electron chi connectivity index (χ3n) is 7.11. The first-order valence-corrected chi connectivity index (χ1v) is 16.0. The molecular weight excluding hydrogens is 617 g/mol. The van der Waals surface area contributed by atoms with Gasteiger partial charge in [-0.05, 0) is 98.5 Å². The van der Waals surface area contributed by atoms with Crippen molar-refractivity contribution in [3.8, 4) is 16.9 Å². The summed E-state index contributed by atoms with van der Waals surface area (Å²) in [4.78, 5) is 32.5. The fraction of sp³-hybridized carbons (Fsp3) is 0.515. The van der Waals surface area contributed by atoms with Gasteiger partial charge in [-0.2, -0.15) is 10.00 Å². The average molecular weight is 661 g/mol. The predicted molar refractivity (Wildman–Crippen MR) is 176 cm³/mol. The minimum Gasteiger partial charge on any atom is -0.482 e. The first kappa shape index (κ1) is 34.5. The number of piperidine rings is 1. The highest BCUT2D eigenvalue weighted by molar-refractivity contribution is 6.36. The number of nitrogens with zero attached hydrogens (tertiary/aromatic N) is 4. The minimum absolute atomic E-state index is 0.0984. The SMILES string of the molecule is CCc1ccc(Cl)c(C(C)Oc2cc(-c3cnn(C4CCNCC4)c3)cnc2N(C(=O)OC(C)(C)C)C(=O)OC(C)(C)C)c1Cl. The fourth-order valence-electron chi connectivity index (χ4n) is 4.98. The molecule has 1 N–H and O–H groups in total. The Morgan fingerprint density at radius 3 is 2.22 bits per heavy atom. The normalized spacial score (nSPS) is 15.0. The van der Waals surface area contributed by atoms with Crippen molar-refractivity contribution in [3.05, 3.63) is 58.0 Å².